The topological polar surface area (TPSA) is 94.9 Å². The zero-order valence-electron chi connectivity index (χ0n) is 7.18. The maximum atomic E-state index is 10.6. The summed E-state index contributed by atoms with van der Waals surface area (Å²) in [6.45, 7) is 0. The fourth-order valence-corrected chi connectivity index (χ4v) is 0.912. The Balaban J connectivity index is 2.39. The van der Waals surface area contributed by atoms with Gasteiger partial charge < -0.3 is 11.5 Å². The molecule has 5 nitrogen and oxygen atoms in total. The van der Waals surface area contributed by atoms with Crippen molar-refractivity contribution < 1.29 is 4.79 Å². The third-order valence-electron chi connectivity index (χ3n) is 1.70. The van der Waals surface area contributed by atoms with Gasteiger partial charge in [-0.15, -0.1) is 0 Å². The number of carbonyl (C=O) groups is 1. The highest BCUT2D eigenvalue weighted by Crippen LogP contribution is 1.98. The summed E-state index contributed by atoms with van der Waals surface area (Å²) in [7, 11) is 0. The van der Waals surface area contributed by atoms with Crippen molar-refractivity contribution in [2.24, 2.45) is 11.5 Å². The standard InChI is InChI=1S/C8H12N4O/c9-7(8(10)13)4-3-6-2-1-5-11-12-6/h1-2,5,7H,3-4,9H2,(H2,10,13). The van der Waals surface area contributed by atoms with Crippen molar-refractivity contribution in [3.05, 3.63) is 24.0 Å². The molecule has 0 aliphatic carbocycles. The molecule has 0 spiro atoms. The van der Waals surface area contributed by atoms with Crippen LogP contribution in [0.2, 0.25) is 0 Å². The van der Waals surface area contributed by atoms with Crippen molar-refractivity contribution in [1.82, 2.24) is 10.2 Å². The van der Waals surface area contributed by atoms with Gasteiger partial charge in [0.25, 0.3) is 0 Å². The number of primary amides is 1. The van der Waals surface area contributed by atoms with E-state index in [2.05, 4.69) is 10.2 Å². The zero-order chi connectivity index (χ0) is 9.68. The summed E-state index contributed by atoms with van der Waals surface area (Å²) in [5, 5.41) is 7.55. The van der Waals surface area contributed by atoms with Gasteiger partial charge in [-0.1, -0.05) is 0 Å². The van der Waals surface area contributed by atoms with Gasteiger partial charge in [-0.2, -0.15) is 10.2 Å². The molecule has 0 radical (unpaired) electrons. The number of nitrogens with zero attached hydrogens (tertiary/aromatic N) is 2. The Morgan fingerprint density at radius 1 is 1.62 bits per heavy atom. The van der Waals surface area contributed by atoms with Crippen LogP contribution >= 0.6 is 0 Å². The van der Waals surface area contributed by atoms with Gasteiger partial charge in [-0.3, -0.25) is 4.79 Å². The first-order chi connectivity index (χ1) is 6.20. The van der Waals surface area contributed by atoms with Crippen LogP contribution in [0.4, 0.5) is 0 Å². The number of hydrogen-bond acceptors (Lipinski definition) is 4. The van der Waals surface area contributed by atoms with E-state index in [1.165, 1.54) is 0 Å². The molecule has 1 atom stereocenters. The van der Waals surface area contributed by atoms with E-state index in [1.54, 1.807) is 12.3 Å². The van der Waals surface area contributed by atoms with Gasteiger partial charge in [0.15, 0.2) is 0 Å². The number of hydrogen-bond donors (Lipinski definition) is 2. The van der Waals surface area contributed by atoms with Gasteiger partial charge >= 0.3 is 0 Å². The maximum absolute atomic E-state index is 10.6. The lowest BCUT2D eigenvalue weighted by Gasteiger charge is -2.05. The van der Waals surface area contributed by atoms with Crippen LogP contribution in [0.15, 0.2) is 18.3 Å². The minimum Gasteiger partial charge on any atom is -0.368 e. The lowest BCUT2D eigenvalue weighted by Crippen LogP contribution is -2.36. The summed E-state index contributed by atoms with van der Waals surface area (Å²) in [5.74, 6) is -0.483. The zero-order valence-corrected chi connectivity index (χ0v) is 7.18. The van der Waals surface area contributed by atoms with Gasteiger partial charge in [0, 0.05) is 6.20 Å². The second kappa shape index (κ2) is 4.51. The molecular weight excluding hydrogens is 168 g/mol. The predicted molar refractivity (Wildman–Crippen MR) is 47.5 cm³/mol. The minimum absolute atomic E-state index is 0.483. The highest BCUT2D eigenvalue weighted by atomic mass is 16.1. The molecule has 1 aromatic heterocycles. The quantitative estimate of drug-likeness (QED) is 0.635. The fourth-order valence-electron chi connectivity index (χ4n) is 0.912. The molecule has 0 aliphatic heterocycles. The lowest BCUT2D eigenvalue weighted by molar-refractivity contribution is -0.119. The molecule has 1 unspecified atom stereocenters. The first kappa shape index (κ1) is 9.60. The van der Waals surface area contributed by atoms with Crippen molar-refractivity contribution in [2.45, 2.75) is 18.9 Å². The second-order valence-corrected chi connectivity index (χ2v) is 2.76. The van der Waals surface area contributed by atoms with Crippen LogP contribution in [0, 0.1) is 0 Å². The van der Waals surface area contributed by atoms with Crippen molar-refractivity contribution in [3.63, 3.8) is 0 Å². The molecule has 1 heterocycles. The Labute approximate surface area is 76.1 Å². The van der Waals surface area contributed by atoms with Crippen LogP contribution in [0.1, 0.15) is 12.1 Å². The van der Waals surface area contributed by atoms with Crippen LogP contribution in [-0.2, 0) is 11.2 Å². The van der Waals surface area contributed by atoms with E-state index in [9.17, 15) is 4.79 Å². The summed E-state index contributed by atoms with van der Waals surface area (Å²) in [6, 6.07) is 3.03. The van der Waals surface area contributed by atoms with Gasteiger partial charge in [-0.05, 0) is 25.0 Å². The molecule has 4 N–H and O–H groups in total. The summed E-state index contributed by atoms with van der Waals surface area (Å²) in [4.78, 5) is 10.6. The Morgan fingerprint density at radius 2 is 2.38 bits per heavy atom. The molecule has 0 aromatic carbocycles. The molecule has 0 saturated heterocycles. The van der Waals surface area contributed by atoms with Crippen LogP contribution in [-0.4, -0.2) is 22.1 Å². The van der Waals surface area contributed by atoms with Crippen molar-refractivity contribution in [3.8, 4) is 0 Å². The third-order valence-corrected chi connectivity index (χ3v) is 1.70. The normalized spacial score (nSPS) is 12.4. The molecule has 0 bridgehead atoms. The van der Waals surface area contributed by atoms with E-state index in [1.807, 2.05) is 6.07 Å². The molecule has 1 aromatic rings. The number of aromatic nitrogens is 2. The van der Waals surface area contributed by atoms with Crippen LogP contribution < -0.4 is 11.5 Å². The van der Waals surface area contributed by atoms with E-state index in [0.29, 0.717) is 12.8 Å². The van der Waals surface area contributed by atoms with E-state index < -0.39 is 11.9 Å². The van der Waals surface area contributed by atoms with Crippen molar-refractivity contribution >= 4 is 5.91 Å². The molecule has 70 valence electrons. The highest BCUT2D eigenvalue weighted by molar-refractivity contribution is 5.79. The first-order valence-corrected chi connectivity index (χ1v) is 4.01. The highest BCUT2D eigenvalue weighted by Gasteiger charge is 2.08. The monoisotopic (exact) mass is 180 g/mol. The Bertz CT molecular complexity index is 275. The van der Waals surface area contributed by atoms with Crippen LogP contribution in [0.5, 0.6) is 0 Å². The number of amides is 1. The Morgan fingerprint density at radius 3 is 2.92 bits per heavy atom. The van der Waals surface area contributed by atoms with E-state index in [0.717, 1.165) is 5.69 Å². The van der Waals surface area contributed by atoms with E-state index in [-0.39, 0.29) is 0 Å². The molecular formula is C8H12N4O. The Hall–Kier alpha value is -1.49. The van der Waals surface area contributed by atoms with Crippen molar-refractivity contribution in [1.29, 1.82) is 0 Å². The predicted octanol–water partition coefficient (Wildman–Crippen LogP) is -0.778. The summed E-state index contributed by atoms with van der Waals surface area (Å²) < 4.78 is 0. The van der Waals surface area contributed by atoms with E-state index in [4.69, 9.17) is 11.5 Å². The smallest absolute Gasteiger partial charge is 0.234 e. The summed E-state index contributed by atoms with van der Waals surface area (Å²) in [5.41, 5.74) is 11.3. The SMILES string of the molecule is NC(=O)C(N)CCc1cccnn1. The maximum Gasteiger partial charge on any atom is 0.234 e. The number of carbonyl (C=O) groups excluding carboxylic acids is 1. The summed E-state index contributed by atoms with van der Waals surface area (Å²) in [6.07, 6.45) is 2.73. The third kappa shape index (κ3) is 3.16. The molecule has 5 heteroatoms. The van der Waals surface area contributed by atoms with E-state index >= 15 is 0 Å². The number of nitrogens with two attached hydrogens (primary N) is 2. The van der Waals surface area contributed by atoms with Crippen LogP contribution in [0.25, 0.3) is 0 Å². The largest absolute Gasteiger partial charge is 0.368 e. The van der Waals surface area contributed by atoms with Gasteiger partial charge in [0.1, 0.15) is 0 Å². The van der Waals surface area contributed by atoms with Crippen LogP contribution in [0.3, 0.4) is 0 Å². The molecule has 0 saturated carbocycles. The average molecular weight is 180 g/mol. The second-order valence-electron chi connectivity index (χ2n) is 2.76. The number of aryl methyl sites for hydroxylation is 1. The van der Waals surface area contributed by atoms with Gasteiger partial charge in [-0.25, -0.2) is 0 Å². The molecule has 0 aliphatic rings. The van der Waals surface area contributed by atoms with Crippen molar-refractivity contribution in [2.75, 3.05) is 0 Å². The molecule has 1 rings (SSSR count). The Kier molecular flexibility index (Phi) is 3.33. The molecule has 13 heavy (non-hydrogen) atoms. The minimum atomic E-state index is -0.595. The molecule has 0 fully saturated rings. The van der Waals surface area contributed by atoms with Gasteiger partial charge in [0.05, 0.1) is 11.7 Å². The fraction of sp³-hybridized carbons (Fsp3) is 0.375. The van der Waals surface area contributed by atoms with Gasteiger partial charge in [0.2, 0.25) is 5.91 Å². The number of rotatable bonds is 4. The first-order valence-electron chi connectivity index (χ1n) is 4.01. The average Bonchev–Trinajstić information content (AvgIpc) is 2.15. The molecule has 1 amide bonds. The summed E-state index contributed by atoms with van der Waals surface area (Å²) >= 11 is 0. The lowest BCUT2D eigenvalue weighted by atomic mass is 10.1.